The number of hydrogen-bond donors (Lipinski definition) is 1. The van der Waals surface area contributed by atoms with Gasteiger partial charge in [0, 0.05) is 36.7 Å². The molecule has 2 aromatic carbocycles. The van der Waals surface area contributed by atoms with Gasteiger partial charge in [0.25, 0.3) is 5.91 Å². The minimum absolute atomic E-state index is 0.0793. The van der Waals surface area contributed by atoms with Crippen LogP contribution in [-0.4, -0.2) is 39.6 Å². The molecule has 2 aromatic rings. The highest BCUT2D eigenvalue weighted by atomic mass is 32.2. The highest BCUT2D eigenvalue weighted by molar-refractivity contribution is 7.90. The van der Waals surface area contributed by atoms with Gasteiger partial charge in [-0.15, -0.1) is 0 Å². The molecule has 0 unspecified atom stereocenters. The lowest BCUT2D eigenvalue weighted by atomic mass is 10.3. The quantitative estimate of drug-likeness (QED) is 0.819. The van der Waals surface area contributed by atoms with Crippen LogP contribution in [0, 0.1) is 0 Å². The summed E-state index contributed by atoms with van der Waals surface area (Å²) in [7, 11) is -3.35. The number of carbonyl (C=O) groups is 2. The van der Waals surface area contributed by atoms with Crippen LogP contribution < -0.4 is 15.0 Å². The monoisotopic (exact) mass is 388 g/mol. The molecule has 0 atom stereocenters. The molecule has 7 nitrogen and oxygen atoms in total. The molecular weight excluding hydrogens is 368 g/mol. The summed E-state index contributed by atoms with van der Waals surface area (Å²) in [5.41, 5.74) is 1.12. The van der Waals surface area contributed by atoms with Gasteiger partial charge >= 0.3 is 0 Å². The molecule has 8 heteroatoms. The molecule has 0 bridgehead atoms. The molecule has 0 radical (unpaired) electrons. The van der Waals surface area contributed by atoms with Gasteiger partial charge in [0.1, 0.15) is 5.75 Å². The van der Waals surface area contributed by atoms with Crippen molar-refractivity contribution in [3.63, 3.8) is 0 Å². The largest absolute Gasteiger partial charge is 0.484 e. The van der Waals surface area contributed by atoms with Gasteiger partial charge in [-0.2, -0.15) is 0 Å². The number of sulfone groups is 1. The zero-order chi connectivity index (χ0) is 19.4. The van der Waals surface area contributed by atoms with E-state index in [0.717, 1.165) is 18.4 Å². The van der Waals surface area contributed by atoms with Gasteiger partial charge in [-0.1, -0.05) is 12.1 Å². The second-order valence-corrected chi connectivity index (χ2v) is 8.30. The van der Waals surface area contributed by atoms with Crippen molar-refractivity contribution in [2.75, 3.05) is 29.6 Å². The van der Waals surface area contributed by atoms with Crippen molar-refractivity contribution >= 4 is 33.0 Å². The Balaban J connectivity index is 1.60. The van der Waals surface area contributed by atoms with Crippen molar-refractivity contribution in [3.8, 4) is 5.75 Å². The van der Waals surface area contributed by atoms with Gasteiger partial charge in [0.05, 0.1) is 4.90 Å². The Morgan fingerprint density at radius 1 is 1.19 bits per heavy atom. The Kier molecular flexibility index (Phi) is 5.46. The number of anilines is 2. The Hall–Kier alpha value is -2.87. The SMILES string of the molecule is CS(=O)(=O)c1cccc(NC(=O)COc2cccc(N3CCCC3=O)c2)c1. The van der Waals surface area contributed by atoms with Crippen LogP contribution in [0.5, 0.6) is 5.75 Å². The molecule has 2 amide bonds. The van der Waals surface area contributed by atoms with E-state index in [1.165, 1.54) is 12.1 Å². The molecule has 3 rings (SSSR count). The van der Waals surface area contributed by atoms with Crippen LogP contribution in [0.2, 0.25) is 0 Å². The predicted octanol–water partition coefficient (Wildman–Crippen LogP) is 2.23. The molecule has 27 heavy (non-hydrogen) atoms. The number of nitrogens with zero attached hydrogens (tertiary/aromatic N) is 1. The molecule has 1 heterocycles. The zero-order valence-corrected chi connectivity index (χ0v) is 15.7. The lowest BCUT2D eigenvalue weighted by molar-refractivity contribution is -0.118. The van der Waals surface area contributed by atoms with E-state index in [1.54, 1.807) is 35.2 Å². The van der Waals surface area contributed by atoms with E-state index in [0.29, 0.717) is 24.4 Å². The fraction of sp³-hybridized carbons (Fsp3) is 0.263. The van der Waals surface area contributed by atoms with Crippen molar-refractivity contribution in [1.29, 1.82) is 0 Å². The number of carbonyl (C=O) groups excluding carboxylic acids is 2. The van der Waals surface area contributed by atoms with Gasteiger partial charge in [0.15, 0.2) is 16.4 Å². The minimum Gasteiger partial charge on any atom is -0.484 e. The van der Waals surface area contributed by atoms with Crippen molar-refractivity contribution in [2.45, 2.75) is 17.7 Å². The van der Waals surface area contributed by atoms with Crippen molar-refractivity contribution in [3.05, 3.63) is 48.5 Å². The lowest BCUT2D eigenvalue weighted by Crippen LogP contribution is -2.24. The van der Waals surface area contributed by atoms with Gasteiger partial charge in [-0.05, 0) is 36.8 Å². The Morgan fingerprint density at radius 3 is 2.67 bits per heavy atom. The first-order valence-corrected chi connectivity index (χ1v) is 10.4. The fourth-order valence-electron chi connectivity index (χ4n) is 2.81. The summed E-state index contributed by atoms with van der Waals surface area (Å²) in [6.07, 6.45) is 2.48. The summed E-state index contributed by atoms with van der Waals surface area (Å²) in [5.74, 6) is 0.145. The molecule has 1 N–H and O–H groups in total. The van der Waals surface area contributed by atoms with Crippen LogP contribution in [0.1, 0.15) is 12.8 Å². The van der Waals surface area contributed by atoms with Crippen LogP contribution in [0.4, 0.5) is 11.4 Å². The summed E-state index contributed by atoms with van der Waals surface area (Å²) in [6, 6.07) is 13.0. The smallest absolute Gasteiger partial charge is 0.262 e. The van der Waals surface area contributed by atoms with E-state index in [-0.39, 0.29) is 17.4 Å². The van der Waals surface area contributed by atoms with Gasteiger partial charge < -0.3 is 15.0 Å². The maximum absolute atomic E-state index is 12.1. The molecule has 0 saturated carbocycles. The zero-order valence-electron chi connectivity index (χ0n) is 14.8. The molecule has 1 saturated heterocycles. The molecule has 1 fully saturated rings. The minimum atomic E-state index is -3.35. The molecule has 1 aliphatic rings. The van der Waals surface area contributed by atoms with Crippen LogP contribution in [0.15, 0.2) is 53.4 Å². The number of nitrogens with one attached hydrogen (secondary N) is 1. The third-order valence-electron chi connectivity index (χ3n) is 4.12. The van der Waals surface area contributed by atoms with E-state index in [4.69, 9.17) is 4.74 Å². The van der Waals surface area contributed by atoms with E-state index in [2.05, 4.69) is 5.32 Å². The van der Waals surface area contributed by atoms with Gasteiger partial charge in [-0.25, -0.2) is 8.42 Å². The molecule has 0 aliphatic carbocycles. The Labute approximate surface area is 157 Å². The maximum Gasteiger partial charge on any atom is 0.262 e. The molecule has 1 aliphatic heterocycles. The molecule has 0 aromatic heterocycles. The summed E-state index contributed by atoms with van der Waals surface area (Å²) in [5, 5.41) is 2.61. The first kappa shape index (κ1) is 18.9. The number of amides is 2. The van der Waals surface area contributed by atoms with Crippen LogP contribution >= 0.6 is 0 Å². The van der Waals surface area contributed by atoms with Gasteiger partial charge in [-0.3, -0.25) is 9.59 Å². The standard InChI is InChI=1S/C19H20N2O5S/c1-27(24,25)17-8-2-5-14(11-17)20-18(22)13-26-16-7-3-6-15(12-16)21-10-4-9-19(21)23/h2-3,5-8,11-12H,4,9-10,13H2,1H3,(H,20,22). The van der Waals surface area contributed by atoms with E-state index in [1.807, 2.05) is 6.07 Å². The second-order valence-electron chi connectivity index (χ2n) is 6.28. The molecule has 142 valence electrons. The van der Waals surface area contributed by atoms with Crippen molar-refractivity contribution < 1.29 is 22.7 Å². The summed E-state index contributed by atoms with van der Waals surface area (Å²) >= 11 is 0. The van der Waals surface area contributed by atoms with E-state index in [9.17, 15) is 18.0 Å². The summed E-state index contributed by atoms with van der Waals surface area (Å²) in [6.45, 7) is 0.444. The average molecular weight is 388 g/mol. The van der Waals surface area contributed by atoms with Gasteiger partial charge in [0.2, 0.25) is 5.91 Å². The normalized spacial score (nSPS) is 14.3. The van der Waals surface area contributed by atoms with Crippen molar-refractivity contribution in [2.24, 2.45) is 0 Å². The maximum atomic E-state index is 12.1. The molecule has 0 spiro atoms. The number of ether oxygens (including phenoxy) is 1. The summed E-state index contributed by atoms with van der Waals surface area (Å²) in [4.78, 5) is 25.7. The predicted molar refractivity (Wildman–Crippen MR) is 102 cm³/mol. The topological polar surface area (TPSA) is 92.8 Å². The second kappa shape index (κ2) is 7.79. The summed E-state index contributed by atoms with van der Waals surface area (Å²) < 4.78 is 28.7. The Morgan fingerprint density at radius 2 is 1.96 bits per heavy atom. The van der Waals surface area contributed by atoms with Crippen molar-refractivity contribution in [1.82, 2.24) is 0 Å². The first-order valence-electron chi connectivity index (χ1n) is 8.46. The lowest BCUT2D eigenvalue weighted by Gasteiger charge is -2.16. The van der Waals surface area contributed by atoms with E-state index >= 15 is 0 Å². The first-order chi connectivity index (χ1) is 12.8. The van der Waals surface area contributed by atoms with Crippen LogP contribution in [0.25, 0.3) is 0 Å². The average Bonchev–Trinajstić information content (AvgIpc) is 3.06. The molecular formula is C19H20N2O5S. The number of benzene rings is 2. The number of hydrogen-bond acceptors (Lipinski definition) is 5. The highest BCUT2D eigenvalue weighted by Crippen LogP contribution is 2.25. The fourth-order valence-corrected chi connectivity index (χ4v) is 3.48. The van der Waals surface area contributed by atoms with Crippen LogP contribution in [-0.2, 0) is 19.4 Å². The Bertz CT molecular complexity index is 972. The number of rotatable bonds is 6. The third kappa shape index (κ3) is 4.85. The third-order valence-corrected chi connectivity index (χ3v) is 5.23. The highest BCUT2D eigenvalue weighted by Gasteiger charge is 2.21. The van der Waals surface area contributed by atoms with Crippen LogP contribution in [0.3, 0.4) is 0 Å². The van der Waals surface area contributed by atoms with E-state index < -0.39 is 15.7 Å².